The van der Waals surface area contributed by atoms with E-state index in [0.29, 0.717) is 5.57 Å². The quantitative estimate of drug-likeness (QED) is 0.639. The van der Waals surface area contributed by atoms with Gasteiger partial charge in [0.2, 0.25) is 0 Å². The van der Waals surface area contributed by atoms with Gasteiger partial charge in [0.25, 0.3) is 0 Å². The van der Waals surface area contributed by atoms with E-state index in [1.54, 1.807) is 12.3 Å². The van der Waals surface area contributed by atoms with Crippen molar-refractivity contribution in [3.8, 4) is 0 Å². The minimum atomic E-state index is -0.931. The summed E-state index contributed by atoms with van der Waals surface area (Å²) in [4.78, 5) is 12.0. The lowest BCUT2D eigenvalue weighted by molar-refractivity contribution is -0.133. The molecule has 0 aliphatic carbocycles. The van der Waals surface area contributed by atoms with Gasteiger partial charge in [0.05, 0.1) is 12.6 Å². The number of allylic oxidation sites excluding steroid dienone is 1. The van der Waals surface area contributed by atoms with Gasteiger partial charge >= 0.3 is 5.97 Å². The van der Waals surface area contributed by atoms with Crippen molar-refractivity contribution < 1.29 is 9.90 Å². The third-order valence-electron chi connectivity index (χ3n) is 1.87. The maximum atomic E-state index is 10.7. The number of hydrogen-bond acceptors (Lipinski definition) is 2. The molecular formula is C9H11NO2. The molecule has 12 heavy (non-hydrogen) atoms. The number of rotatable bonds is 1. The number of carbonyl (C=O) groups is 1. The average Bonchev–Trinajstić information content (AvgIpc) is 1.94. The number of nitrogens with zero attached hydrogens (tertiary/aromatic N) is 1. The van der Waals surface area contributed by atoms with Crippen molar-refractivity contribution >= 4 is 5.97 Å². The van der Waals surface area contributed by atoms with Crippen LogP contribution in [0.15, 0.2) is 24.0 Å². The zero-order valence-electron chi connectivity index (χ0n) is 7.11. The van der Waals surface area contributed by atoms with Gasteiger partial charge in [0, 0.05) is 17.8 Å². The fourth-order valence-electron chi connectivity index (χ4n) is 1.05. The summed E-state index contributed by atoms with van der Waals surface area (Å²) in [6.45, 7) is 3.66. The fourth-order valence-corrected chi connectivity index (χ4v) is 1.05. The maximum Gasteiger partial charge on any atom is 0.333 e. The third-order valence-corrected chi connectivity index (χ3v) is 1.87. The summed E-state index contributed by atoms with van der Waals surface area (Å²) in [5.41, 5.74) is -0.144. The molecule has 0 bridgehead atoms. The van der Waals surface area contributed by atoms with Crippen LogP contribution in [-0.4, -0.2) is 16.0 Å². The van der Waals surface area contributed by atoms with Crippen LogP contribution in [0.3, 0.4) is 0 Å². The largest absolute Gasteiger partial charge is 0.478 e. The van der Waals surface area contributed by atoms with E-state index < -0.39 is 11.4 Å². The van der Waals surface area contributed by atoms with Crippen molar-refractivity contribution in [3.63, 3.8) is 0 Å². The summed E-state index contributed by atoms with van der Waals surface area (Å²) >= 11 is 0. The zero-order valence-corrected chi connectivity index (χ0v) is 7.11. The molecule has 1 aliphatic rings. The highest BCUT2D eigenvalue weighted by Crippen LogP contribution is 2.31. The van der Waals surface area contributed by atoms with Gasteiger partial charge in [-0.15, -0.1) is 0 Å². The van der Waals surface area contributed by atoms with Gasteiger partial charge in [-0.2, -0.15) is 0 Å². The summed E-state index contributed by atoms with van der Waals surface area (Å²) in [7, 11) is 5.39. The molecule has 2 radical (unpaired) electrons. The third kappa shape index (κ3) is 1.49. The molecule has 0 aromatic heterocycles. The molecule has 1 N–H and O–H groups in total. The highest BCUT2D eigenvalue weighted by Gasteiger charge is 2.28. The first kappa shape index (κ1) is 8.84. The van der Waals surface area contributed by atoms with Gasteiger partial charge in [0.1, 0.15) is 0 Å². The van der Waals surface area contributed by atoms with Gasteiger partial charge in [0.15, 0.2) is 0 Å². The van der Waals surface area contributed by atoms with Crippen LogP contribution in [0.4, 0.5) is 0 Å². The van der Waals surface area contributed by atoms with E-state index in [4.69, 9.17) is 12.2 Å². The molecule has 0 saturated heterocycles. The van der Waals surface area contributed by atoms with Gasteiger partial charge < -0.3 is 10.0 Å². The van der Waals surface area contributed by atoms with Gasteiger partial charge in [-0.1, -0.05) is 19.9 Å². The van der Waals surface area contributed by atoms with Crippen LogP contribution in [0.2, 0.25) is 0 Å². The Balaban J connectivity index is 3.02. The molecule has 0 amide bonds. The molecule has 1 heterocycles. The molecule has 0 aromatic carbocycles. The molecule has 0 atom stereocenters. The van der Waals surface area contributed by atoms with Crippen LogP contribution >= 0.6 is 0 Å². The smallest absolute Gasteiger partial charge is 0.333 e. The Hall–Kier alpha value is -1.25. The van der Waals surface area contributed by atoms with Crippen LogP contribution in [-0.2, 0) is 4.79 Å². The number of carboxylic acid groups (broad SMARTS) is 1. The second-order valence-corrected chi connectivity index (χ2v) is 3.33. The minimum absolute atomic E-state index is 0.299. The van der Waals surface area contributed by atoms with Crippen molar-refractivity contribution in [1.29, 1.82) is 0 Å². The predicted octanol–water partition coefficient (Wildman–Crippen LogP) is 1.48. The Morgan fingerprint density at radius 1 is 1.67 bits per heavy atom. The van der Waals surface area contributed by atoms with Gasteiger partial charge in [-0.05, 0) is 0 Å². The van der Waals surface area contributed by atoms with E-state index in [1.807, 2.05) is 13.8 Å². The highest BCUT2D eigenvalue weighted by molar-refractivity contribution is 5.88. The van der Waals surface area contributed by atoms with Crippen LogP contribution < -0.4 is 0 Å². The molecule has 0 saturated carbocycles. The van der Waals surface area contributed by atoms with Crippen molar-refractivity contribution in [2.24, 2.45) is 5.41 Å². The van der Waals surface area contributed by atoms with Crippen LogP contribution in [0.1, 0.15) is 13.8 Å². The lowest BCUT2D eigenvalue weighted by Gasteiger charge is -2.27. The van der Waals surface area contributed by atoms with Gasteiger partial charge in [-0.25, -0.2) is 4.79 Å². The first-order valence-electron chi connectivity index (χ1n) is 3.61. The van der Waals surface area contributed by atoms with Crippen molar-refractivity contribution in [1.82, 2.24) is 4.90 Å². The molecule has 1 aliphatic heterocycles. The normalized spacial score (nSPS) is 20.6. The summed E-state index contributed by atoms with van der Waals surface area (Å²) in [5, 5.41) is 8.81. The van der Waals surface area contributed by atoms with E-state index in [2.05, 4.69) is 0 Å². The number of aliphatic carboxylic acids is 1. The minimum Gasteiger partial charge on any atom is -0.478 e. The van der Waals surface area contributed by atoms with Crippen molar-refractivity contribution in [2.75, 3.05) is 0 Å². The molecule has 0 unspecified atom stereocenters. The molecule has 1 rings (SSSR count). The molecule has 0 fully saturated rings. The molecule has 0 aromatic rings. The Kier molecular flexibility index (Phi) is 1.96. The SMILES string of the molecule is [CH]N1C=CC(C)(C)C(C(=O)O)=C1. The molecular weight excluding hydrogens is 154 g/mol. The second kappa shape index (κ2) is 2.66. The Morgan fingerprint density at radius 3 is 2.67 bits per heavy atom. The van der Waals surface area contributed by atoms with Crippen LogP contribution in [0.25, 0.3) is 0 Å². The van der Waals surface area contributed by atoms with E-state index in [0.717, 1.165) is 0 Å². The Bertz CT molecular complexity index is 264. The Labute approximate surface area is 72.0 Å². The predicted molar refractivity (Wildman–Crippen MR) is 44.8 cm³/mol. The average molecular weight is 165 g/mol. The number of hydrogen-bond donors (Lipinski definition) is 1. The lowest BCUT2D eigenvalue weighted by Crippen LogP contribution is -2.24. The van der Waals surface area contributed by atoms with E-state index in [1.165, 1.54) is 11.1 Å². The topological polar surface area (TPSA) is 40.5 Å². The maximum absolute atomic E-state index is 10.7. The van der Waals surface area contributed by atoms with Crippen molar-refractivity contribution in [2.45, 2.75) is 13.8 Å². The zero-order chi connectivity index (χ0) is 9.35. The van der Waals surface area contributed by atoms with E-state index in [-0.39, 0.29) is 0 Å². The molecule has 0 spiro atoms. The molecule has 3 nitrogen and oxygen atoms in total. The second-order valence-electron chi connectivity index (χ2n) is 3.33. The number of carboxylic acids is 1. The molecule has 64 valence electrons. The molecule has 3 heteroatoms. The summed E-state index contributed by atoms with van der Waals surface area (Å²) < 4.78 is 0. The summed E-state index contributed by atoms with van der Waals surface area (Å²) in [5.74, 6) is -0.931. The van der Waals surface area contributed by atoms with Crippen LogP contribution in [0.5, 0.6) is 0 Å². The highest BCUT2D eigenvalue weighted by atomic mass is 16.4. The monoisotopic (exact) mass is 165 g/mol. The van der Waals surface area contributed by atoms with Crippen molar-refractivity contribution in [3.05, 3.63) is 31.1 Å². The fraction of sp³-hybridized carbons (Fsp3) is 0.333. The van der Waals surface area contributed by atoms with Crippen LogP contribution in [0, 0.1) is 12.5 Å². The summed E-state index contributed by atoms with van der Waals surface area (Å²) in [6, 6.07) is 0. The summed E-state index contributed by atoms with van der Waals surface area (Å²) in [6.07, 6.45) is 4.82. The lowest BCUT2D eigenvalue weighted by atomic mass is 9.83. The first-order chi connectivity index (χ1) is 5.43. The first-order valence-corrected chi connectivity index (χ1v) is 3.61. The van der Waals surface area contributed by atoms with E-state index in [9.17, 15) is 4.79 Å². The van der Waals surface area contributed by atoms with Gasteiger partial charge in [-0.3, -0.25) is 0 Å². The van der Waals surface area contributed by atoms with E-state index >= 15 is 0 Å². The standard InChI is InChI=1S/C9H11NO2/c1-9(2)4-5-10(3)6-7(9)8(11)12/h3-6H,1-2H3,(H,11,12). The Morgan fingerprint density at radius 2 is 2.25 bits per heavy atom.